The van der Waals surface area contributed by atoms with E-state index in [4.69, 9.17) is 0 Å². The first kappa shape index (κ1) is 12.6. The minimum Gasteiger partial charge on any atom is -0.307 e. The average molecular weight is 258 g/mol. The first-order valence-electron chi connectivity index (χ1n) is 7.35. The highest BCUT2D eigenvalue weighted by atomic mass is 15.3. The number of hydrogen-bond acceptors (Lipinski definition) is 3. The molecule has 19 heavy (non-hydrogen) atoms. The van der Waals surface area contributed by atoms with Crippen LogP contribution in [0.25, 0.3) is 5.65 Å². The third kappa shape index (κ3) is 2.95. The largest absolute Gasteiger partial charge is 0.307 e. The number of rotatable bonds is 3. The second kappa shape index (κ2) is 5.70. The molecule has 102 valence electrons. The van der Waals surface area contributed by atoms with Crippen LogP contribution in [-0.4, -0.2) is 20.6 Å². The molecule has 4 heteroatoms. The topological polar surface area (TPSA) is 42.2 Å². The van der Waals surface area contributed by atoms with Crippen molar-refractivity contribution in [3.05, 3.63) is 30.2 Å². The van der Waals surface area contributed by atoms with Crippen LogP contribution in [0.5, 0.6) is 0 Å². The predicted molar refractivity (Wildman–Crippen MR) is 75.9 cm³/mol. The van der Waals surface area contributed by atoms with Crippen molar-refractivity contribution in [3.8, 4) is 0 Å². The molecule has 2 aromatic heterocycles. The Kier molecular flexibility index (Phi) is 3.78. The molecule has 0 radical (unpaired) electrons. The van der Waals surface area contributed by atoms with Gasteiger partial charge in [0.15, 0.2) is 11.5 Å². The minimum absolute atomic E-state index is 0.640. The molecule has 1 aliphatic rings. The molecule has 0 saturated heterocycles. The molecule has 2 atom stereocenters. The maximum Gasteiger partial charge on any atom is 0.160 e. The van der Waals surface area contributed by atoms with Gasteiger partial charge >= 0.3 is 0 Å². The molecule has 1 saturated carbocycles. The summed E-state index contributed by atoms with van der Waals surface area (Å²) in [6.07, 6.45) is 8.68. The lowest BCUT2D eigenvalue weighted by Crippen LogP contribution is -2.28. The third-order valence-electron chi connectivity index (χ3n) is 4.19. The summed E-state index contributed by atoms with van der Waals surface area (Å²) in [6.45, 7) is 3.18. The van der Waals surface area contributed by atoms with E-state index in [1.54, 1.807) is 0 Å². The number of aromatic nitrogens is 3. The SMILES string of the molecule is CC1CCCC(NCc2nnc3ccccn23)CC1. The van der Waals surface area contributed by atoms with Gasteiger partial charge < -0.3 is 5.32 Å². The Hall–Kier alpha value is -1.42. The Morgan fingerprint density at radius 3 is 3.11 bits per heavy atom. The maximum absolute atomic E-state index is 4.27. The predicted octanol–water partition coefficient (Wildman–Crippen LogP) is 2.79. The van der Waals surface area contributed by atoms with Crippen LogP contribution in [0.2, 0.25) is 0 Å². The zero-order valence-corrected chi connectivity index (χ0v) is 11.5. The fourth-order valence-electron chi connectivity index (χ4n) is 2.94. The third-order valence-corrected chi connectivity index (χ3v) is 4.19. The Balaban J connectivity index is 1.62. The van der Waals surface area contributed by atoms with Crippen molar-refractivity contribution in [2.45, 2.75) is 51.6 Å². The van der Waals surface area contributed by atoms with E-state index >= 15 is 0 Å². The summed E-state index contributed by atoms with van der Waals surface area (Å²) in [5, 5.41) is 12.1. The van der Waals surface area contributed by atoms with Gasteiger partial charge in [-0.2, -0.15) is 0 Å². The average Bonchev–Trinajstić information content (AvgIpc) is 2.73. The highest BCUT2D eigenvalue weighted by molar-refractivity contribution is 5.36. The van der Waals surface area contributed by atoms with E-state index in [0.717, 1.165) is 23.9 Å². The van der Waals surface area contributed by atoms with Crippen LogP contribution in [0.4, 0.5) is 0 Å². The smallest absolute Gasteiger partial charge is 0.160 e. The van der Waals surface area contributed by atoms with Gasteiger partial charge in [-0.25, -0.2) is 0 Å². The molecule has 0 spiro atoms. The lowest BCUT2D eigenvalue weighted by atomic mass is 10.0. The molecule has 1 fully saturated rings. The van der Waals surface area contributed by atoms with E-state index in [1.807, 2.05) is 24.4 Å². The summed E-state index contributed by atoms with van der Waals surface area (Å²) in [4.78, 5) is 0. The molecule has 2 aromatic rings. The van der Waals surface area contributed by atoms with Gasteiger partial charge in [-0.3, -0.25) is 4.40 Å². The second-order valence-electron chi connectivity index (χ2n) is 5.74. The van der Waals surface area contributed by atoms with E-state index in [2.05, 4.69) is 26.8 Å². The zero-order valence-electron chi connectivity index (χ0n) is 11.5. The standard InChI is InChI=1S/C15H22N4/c1-12-5-4-6-13(9-8-12)16-11-15-18-17-14-7-2-3-10-19(14)15/h2-3,7,10,12-13,16H,4-6,8-9,11H2,1H3. The molecule has 1 aliphatic carbocycles. The summed E-state index contributed by atoms with van der Waals surface area (Å²) >= 11 is 0. The molecule has 0 aromatic carbocycles. The summed E-state index contributed by atoms with van der Waals surface area (Å²) in [6, 6.07) is 6.64. The number of pyridine rings is 1. The lowest BCUT2D eigenvalue weighted by Gasteiger charge is -2.15. The molecule has 0 bridgehead atoms. The zero-order chi connectivity index (χ0) is 13.1. The summed E-state index contributed by atoms with van der Waals surface area (Å²) in [7, 11) is 0. The van der Waals surface area contributed by atoms with Gasteiger partial charge in [0.05, 0.1) is 6.54 Å². The molecule has 4 nitrogen and oxygen atoms in total. The first-order chi connectivity index (χ1) is 9.33. The van der Waals surface area contributed by atoms with Crippen LogP contribution in [0.15, 0.2) is 24.4 Å². The van der Waals surface area contributed by atoms with Crippen LogP contribution in [0.3, 0.4) is 0 Å². The Bertz CT molecular complexity index is 534. The highest BCUT2D eigenvalue weighted by Gasteiger charge is 2.16. The van der Waals surface area contributed by atoms with Gasteiger partial charge in [-0.1, -0.05) is 25.8 Å². The Morgan fingerprint density at radius 2 is 2.16 bits per heavy atom. The lowest BCUT2D eigenvalue weighted by molar-refractivity contribution is 0.441. The highest BCUT2D eigenvalue weighted by Crippen LogP contribution is 2.22. The monoisotopic (exact) mass is 258 g/mol. The summed E-state index contributed by atoms with van der Waals surface area (Å²) in [5.74, 6) is 1.90. The number of fused-ring (bicyclic) bond motifs is 1. The first-order valence-corrected chi connectivity index (χ1v) is 7.35. The van der Waals surface area contributed by atoms with Gasteiger partial charge in [0.1, 0.15) is 0 Å². The Morgan fingerprint density at radius 1 is 1.21 bits per heavy atom. The molecular weight excluding hydrogens is 236 g/mol. The van der Waals surface area contributed by atoms with Gasteiger partial charge in [-0.15, -0.1) is 10.2 Å². The van der Waals surface area contributed by atoms with E-state index in [-0.39, 0.29) is 0 Å². The van der Waals surface area contributed by atoms with Gasteiger partial charge in [-0.05, 0) is 37.3 Å². The molecule has 1 N–H and O–H groups in total. The van der Waals surface area contributed by atoms with Crippen LogP contribution in [0.1, 0.15) is 44.9 Å². The van der Waals surface area contributed by atoms with Crippen molar-refractivity contribution < 1.29 is 0 Å². The van der Waals surface area contributed by atoms with Crippen molar-refractivity contribution >= 4 is 5.65 Å². The van der Waals surface area contributed by atoms with E-state index < -0.39 is 0 Å². The van der Waals surface area contributed by atoms with Crippen molar-refractivity contribution in [2.24, 2.45) is 5.92 Å². The van der Waals surface area contributed by atoms with Crippen molar-refractivity contribution in [2.75, 3.05) is 0 Å². The summed E-state index contributed by atoms with van der Waals surface area (Å²) < 4.78 is 2.06. The van der Waals surface area contributed by atoms with Gasteiger partial charge in [0, 0.05) is 12.2 Å². The number of nitrogens with zero attached hydrogens (tertiary/aromatic N) is 3. The fraction of sp³-hybridized carbons (Fsp3) is 0.600. The van der Waals surface area contributed by atoms with Crippen molar-refractivity contribution in [1.82, 2.24) is 19.9 Å². The molecule has 2 unspecified atom stereocenters. The van der Waals surface area contributed by atoms with E-state index in [9.17, 15) is 0 Å². The minimum atomic E-state index is 0.640. The van der Waals surface area contributed by atoms with Crippen LogP contribution in [0, 0.1) is 5.92 Å². The van der Waals surface area contributed by atoms with Crippen LogP contribution >= 0.6 is 0 Å². The van der Waals surface area contributed by atoms with Crippen LogP contribution in [-0.2, 0) is 6.54 Å². The van der Waals surface area contributed by atoms with E-state index in [1.165, 1.54) is 32.1 Å². The normalized spacial score (nSPS) is 24.5. The molecule has 3 rings (SSSR count). The summed E-state index contributed by atoms with van der Waals surface area (Å²) in [5.41, 5.74) is 0.925. The fourth-order valence-corrected chi connectivity index (χ4v) is 2.94. The maximum atomic E-state index is 4.27. The quantitative estimate of drug-likeness (QED) is 0.861. The van der Waals surface area contributed by atoms with Crippen LogP contribution < -0.4 is 5.32 Å². The van der Waals surface area contributed by atoms with Crippen molar-refractivity contribution in [3.63, 3.8) is 0 Å². The van der Waals surface area contributed by atoms with Gasteiger partial charge in [0.2, 0.25) is 0 Å². The molecule has 0 aliphatic heterocycles. The molecule has 0 amide bonds. The van der Waals surface area contributed by atoms with Gasteiger partial charge in [0.25, 0.3) is 0 Å². The molecule has 2 heterocycles. The Labute approximate surface area is 114 Å². The van der Waals surface area contributed by atoms with Crippen molar-refractivity contribution in [1.29, 1.82) is 0 Å². The number of hydrogen-bond donors (Lipinski definition) is 1. The van der Waals surface area contributed by atoms with E-state index in [0.29, 0.717) is 6.04 Å². The number of nitrogens with one attached hydrogen (secondary N) is 1. The second-order valence-corrected chi connectivity index (χ2v) is 5.74. The molecular formula is C15H22N4.